The minimum Gasteiger partial charge on any atom is -0.308 e. The average Bonchev–Trinajstić information content (AvgIpc) is 3.15. The molecule has 7 heteroatoms. The number of hydrogen-bond acceptors (Lipinski definition) is 4. The molecule has 148 valence electrons. The monoisotopic (exact) mass is 398 g/mol. The maximum atomic E-state index is 12.7. The molecule has 1 heterocycles. The van der Waals surface area contributed by atoms with Crippen molar-refractivity contribution in [3.8, 4) is 22.3 Å². The quantitative estimate of drug-likeness (QED) is 0.640. The number of aryl methyl sites for hydroxylation is 1. The zero-order valence-electron chi connectivity index (χ0n) is 16.6. The standard InChI is InChI=1S/C21H26N4O2S/c1-15-11-20(28(26,27)24-16(2)14-25(3)4)9-10-21(15)18-7-5-17(6-8-18)19-12-22-23-13-19/h5-13,16,24H,14H2,1-4H3,(H,22,23). The van der Waals surface area contributed by atoms with Crippen molar-refractivity contribution in [2.24, 2.45) is 0 Å². The number of rotatable bonds is 7. The highest BCUT2D eigenvalue weighted by molar-refractivity contribution is 7.89. The first-order chi connectivity index (χ1) is 13.3. The van der Waals surface area contributed by atoms with E-state index in [-0.39, 0.29) is 10.9 Å². The Hall–Kier alpha value is -2.48. The zero-order valence-corrected chi connectivity index (χ0v) is 17.4. The lowest BCUT2D eigenvalue weighted by molar-refractivity contribution is 0.370. The molecule has 1 aromatic heterocycles. The molecule has 1 atom stereocenters. The smallest absolute Gasteiger partial charge is 0.240 e. The van der Waals surface area contributed by atoms with E-state index in [1.54, 1.807) is 18.3 Å². The number of likely N-dealkylation sites (N-methyl/N-ethyl adjacent to an activating group) is 1. The Bertz CT molecular complexity index is 1030. The van der Waals surface area contributed by atoms with Gasteiger partial charge in [0.25, 0.3) is 0 Å². The number of aromatic nitrogens is 2. The molecule has 3 rings (SSSR count). The Morgan fingerprint density at radius 3 is 2.32 bits per heavy atom. The second kappa shape index (κ2) is 8.26. The lowest BCUT2D eigenvalue weighted by Crippen LogP contribution is -2.39. The summed E-state index contributed by atoms with van der Waals surface area (Å²) in [4.78, 5) is 2.24. The Kier molecular flexibility index (Phi) is 5.98. The van der Waals surface area contributed by atoms with Crippen LogP contribution in [0.15, 0.2) is 59.8 Å². The summed E-state index contributed by atoms with van der Waals surface area (Å²) in [5, 5.41) is 6.78. The first-order valence-electron chi connectivity index (χ1n) is 9.13. The molecule has 0 saturated heterocycles. The van der Waals surface area contributed by atoms with Crippen LogP contribution in [-0.4, -0.2) is 50.2 Å². The lowest BCUT2D eigenvalue weighted by Gasteiger charge is -2.19. The van der Waals surface area contributed by atoms with Crippen molar-refractivity contribution < 1.29 is 8.42 Å². The Balaban J connectivity index is 1.82. The number of benzene rings is 2. The molecule has 28 heavy (non-hydrogen) atoms. The van der Waals surface area contributed by atoms with Gasteiger partial charge in [-0.1, -0.05) is 30.3 Å². The molecule has 0 spiro atoms. The molecular formula is C21H26N4O2S. The normalized spacial score (nSPS) is 13.0. The molecule has 0 aliphatic rings. The highest BCUT2D eigenvalue weighted by Gasteiger charge is 2.18. The third kappa shape index (κ3) is 4.67. The molecule has 3 aromatic rings. The molecule has 6 nitrogen and oxygen atoms in total. The third-order valence-corrected chi connectivity index (χ3v) is 6.12. The highest BCUT2D eigenvalue weighted by atomic mass is 32.2. The van der Waals surface area contributed by atoms with Crippen LogP contribution in [0.5, 0.6) is 0 Å². The van der Waals surface area contributed by atoms with Crippen molar-refractivity contribution in [3.63, 3.8) is 0 Å². The molecule has 2 N–H and O–H groups in total. The Morgan fingerprint density at radius 1 is 1.07 bits per heavy atom. The van der Waals surface area contributed by atoms with E-state index in [1.807, 2.05) is 69.4 Å². The first-order valence-corrected chi connectivity index (χ1v) is 10.6. The molecule has 0 radical (unpaired) electrons. The fourth-order valence-corrected chi connectivity index (χ4v) is 4.62. The van der Waals surface area contributed by atoms with E-state index in [0.29, 0.717) is 6.54 Å². The van der Waals surface area contributed by atoms with E-state index in [4.69, 9.17) is 0 Å². The summed E-state index contributed by atoms with van der Waals surface area (Å²) < 4.78 is 28.1. The van der Waals surface area contributed by atoms with Gasteiger partial charge in [0.15, 0.2) is 0 Å². The molecule has 0 saturated carbocycles. The first kappa shape index (κ1) is 20.3. The summed E-state index contributed by atoms with van der Waals surface area (Å²) in [6.45, 7) is 4.43. The minimum atomic E-state index is -3.55. The van der Waals surface area contributed by atoms with Gasteiger partial charge in [0, 0.05) is 24.3 Å². The number of nitrogens with zero attached hydrogens (tertiary/aromatic N) is 2. The highest BCUT2D eigenvalue weighted by Crippen LogP contribution is 2.28. The summed E-state index contributed by atoms with van der Waals surface area (Å²) in [6, 6.07) is 13.2. The Morgan fingerprint density at radius 2 is 1.75 bits per heavy atom. The van der Waals surface area contributed by atoms with Crippen molar-refractivity contribution >= 4 is 10.0 Å². The van der Waals surface area contributed by atoms with Crippen LogP contribution in [0.3, 0.4) is 0 Å². The van der Waals surface area contributed by atoms with Crippen LogP contribution < -0.4 is 4.72 Å². The zero-order chi connectivity index (χ0) is 20.3. The van der Waals surface area contributed by atoms with E-state index in [0.717, 1.165) is 27.8 Å². The van der Waals surface area contributed by atoms with Crippen LogP contribution in [0.2, 0.25) is 0 Å². The Labute approximate surface area is 166 Å². The second-order valence-corrected chi connectivity index (χ2v) is 9.04. The van der Waals surface area contributed by atoms with E-state index in [2.05, 4.69) is 14.9 Å². The van der Waals surface area contributed by atoms with Crippen LogP contribution >= 0.6 is 0 Å². The number of H-pyrrole nitrogens is 1. The molecule has 2 aromatic carbocycles. The van der Waals surface area contributed by atoms with Crippen molar-refractivity contribution in [1.29, 1.82) is 0 Å². The number of nitrogens with one attached hydrogen (secondary N) is 2. The molecule has 0 fully saturated rings. The number of hydrogen-bond donors (Lipinski definition) is 2. The van der Waals surface area contributed by atoms with Gasteiger partial charge in [-0.3, -0.25) is 5.10 Å². The molecular weight excluding hydrogens is 372 g/mol. The maximum absolute atomic E-state index is 12.7. The lowest BCUT2D eigenvalue weighted by atomic mass is 9.98. The third-order valence-electron chi connectivity index (χ3n) is 4.53. The van der Waals surface area contributed by atoms with Gasteiger partial charge in [-0.2, -0.15) is 5.10 Å². The fourth-order valence-electron chi connectivity index (χ4n) is 3.30. The average molecular weight is 399 g/mol. The second-order valence-electron chi connectivity index (χ2n) is 7.33. The van der Waals surface area contributed by atoms with Gasteiger partial charge < -0.3 is 4.90 Å². The minimum absolute atomic E-state index is 0.171. The molecule has 0 bridgehead atoms. The molecule has 0 amide bonds. The van der Waals surface area contributed by atoms with Gasteiger partial charge in [0.2, 0.25) is 10.0 Å². The van der Waals surface area contributed by atoms with Gasteiger partial charge in [-0.15, -0.1) is 0 Å². The summed E-state index contributed by atoms with van der Waals surface area (Å²) in [7, 11) is 0.286. The fraction of sp³-hybridized carbons (Fsp3) is 0.286. The van der Waals surface area contributed by atoms with Crippen molar-refractivity contribution in [2.75, 3.05) is 20.6 Å². The van der Waals surface area contributed by atoms with Crippen LogP contribution in [0, 0.1) is 6.92 Å². The molecule has 0 aliphatic carbocycles. The van der Waals surface area contributed by atoms with Crippen LogP contribution in [-0.2, 0) is 10.0 Å². The summed E-state index contributed by atoms with van der Waals surface area (Å²) in [5.74, 6) is 0. The summed E-state index contributed by atoms with van der Waals surface area (Å²) in [5.41, 5.74) is 5.08. The predicted molar refractivity (Wildman–Crippen MR) is 113 cm³/mol. The maximum Gasteiger partial charge on any atom is 0.240 e. The summed E-state index contributed by atoms with van der Waals surface area (Å²) >= 11 is 0. The van der Waals surface area contributed by atoms with Crippen LogP contribution in [0.4, 0.5) is 0 Å². The van der Waals surface area contributed by atoms with Gasteiger partial charge in [-0.05, 0) is 62.3 Å². The van der Waals surface area contributed by atoms with E-state index >= 15 is 0 Å². The van der Waals surface area contributed by atoms with E-state index in [1.165, 1.54) is 0 Å². The van der Waals surface area contributed by atoms with Gasteiger partial charge in [-0.25, -0.2) is 13.1 Å². The van der Waals surface area contributed by atoms with E-state index < -0.39 is 10.0 Å². The van der Waals surface area contributed by atoms with Crippen molar-refractivity contribution in [3.05, 3.63) is 60.4 Å². The SMILES string of the molecule is Cc1cc(S(=O)(=O)NC(C)CN(C)C)ccc1-c1ccc(-c2cn[nH]c2)cc1. The number of sulfonamides is 1. The van der Waals surface area contributed by atoms with E-state index in [9.17, 15) is 8.42 Å². The predicted octanol–water partition coefficient (Wildman–Crippen LogP) is 3.28. The van der Waals surface area contributed by atoms with Gasteiger partial charge in [0.05, 0.1) is 11.1 Å². The summed E-state index contributed by atoms with van der Waals surface area (Å²) in [6.07, 6.45) is 3.63. The van der Waals surface area contributed by atoms with Gasteiger partial charge in [0.1, 0.15) is 0 Å². The van der Waals surface area contributed by atoms with Crippen molar-refractivity contribution in [1.82, 2.24) is 19.8 Å². The number of aromatic amines is 1. The molecule has 1 unspecified atom stereocenters. The molecule has 0 aliphatic heterocycles. The van der Waals surface area contributed by atoms with Crippen molar-refractivity contribution in [2.45, 2.75) is 24.8 Å². The largest absolute Gasteiger partial charge is 0.308 e. The van der Waals surface area contributed by atoms with Crippen LogP contribution in [0.1, 0.15) is 12.5 Å². The topological polar surface area (TPSA) is 78.1 Å². The van der Waals surface area contributed by atoms with Gasteiger partial charge >= 0.3 is 0 Å². The van der Waals surface area contributed by atoms with Crippen LogP contribution in [0.25, 0.3) is 22.3 Å².